The van der Waals surface area contributed by atoms with Crippen molar-refractivity contribution in [3.8, 4) is 0 Å². The van der Waals surface area contributed by atoms with Crippen molar-refractivity contribution in [3.63, 3.8) is 0 Å². The third-order valence-electron chi connectivity index (χ3n) is 1.19. The Morgan fingerprint density at radius 1 is 1.43 bits per heavy atom. The average molecular weight is 210 g/mol. The Hall–Kier alpha value is -1.63. The molecule has 0 aliphatic rings. The van der Waals surface area contributed by atoms with Crippen molar-refractivity contribution in [3.05, 3.63) is 24.3 Å². The second kappa shape index (κ2) is 5.18. The SMILES string of the molecule is N=C(N=C(N)N)SCc1ncccn1. The highest BCUT2D eigenvalue weighted by Crippen LogP contribution is 2.09. The molecule has 1 heterocycles. The molecule has 0 radical (unpaired) electrons. The van der Waals surface area contributed by atoms with Crippen LogP contribution in [0.1, 0.15) is 5.82 Å². The predicted octanol–water partition coefficient (Wildman–Crippen LogP) is -0.0820. The van der Waals surface area contributed by atoms with Gasteiger partial charge in [0.2, 0.25) is 0 Å². The summed E-state index contributed by atoms with van der Waals surface area (Å²) in [5.41, 5.74) is 10.2. The van der Waals surface area contributed by atoms with E-state index in [1.54, 1.807) is 18.5 Å². The summed E-state index contributed by atoms with van der Waals surface area (Å²) in [5.74, 6) is 1.01. The number of guanidine groups is 1. The largest absolute Gasteiger partial charge is 0.370 e. The maximum Gasteiger partial charge on any atom is 0.193 e. The van der Waals surface area contributed by atoms with Crippen molar-refractivity contribution >= 4 is 22.9 Å². The van der Waals surface area contributed by atoms with Gasteiger partial charge in [-0.15, -0.1) is 0 Å². The molecule has 0 saturated carbocycles. The lowest BCUT2D eigenvalue weighted by molar-refractivity contribution is 1.04. The zero-order valence-electron chi connectivity index (χ0n) is 7.34. The van der Waals surface area contributed by atoms with Crippen LogP contribution in [-0.4, -0.2) is 21.1 Å². The molecule has 0 aromatic carbocycles. The molecule has 6 nitrogen and oxygen atoms in total. The van der Waals surface area contributed by atoms with Crippen LogP contribution < -0.4 is 11.5 Å². The molecule has 0 amide bonds. The molecule has 1 rings (SSSR count). The second-order valence-corrected chi connectivity index (χ2v) is 3.26. The highest BCUT2D eigenvalue weighted by molar-refractivity contribution is 8.13. The summed E-state index contributed by atoms with van der Waals surface area (Å²) in [7, 11) is 0. The molecule has 5 N–H and O–H groups in total. The highest BCUT2D eigenvalue weighted by Gasteiger charge is 1.99. The Kier molecular flexibility index (Phi) is 3.86. The van der Waals surface area contributed by atoms with E-state index in [-0.39, 0.29) is 11.1 Å². The van der Waals surface area contributed by atoms with Crippen LogP contribution in [0.25, 0.3) is 0 Å². The number of thioether (sulfide) groups is 1. The van der Waals surface area contributed by atoms with Crippen LogP contribution >= 0.6 is 11.8 Å². The van der Waals surface area contributed by atoms with E-state index in [0.29, 0.717) is 11.6 Å². The topological polar surface area (TPSA) is 114 Å². The summed E-state index contributed by atoms with van der Waals surface area (Å²) in [6, 6.07) is 1.73. The van der Waals surface area contributed by atoms with Gasteiger partial charge in [-0.2, -0.15) is 4.99 Å². The molecule has 0 aliphatic heterocycles. The molecule has 1 aromatic rings. The van der Waals surface area contributed by atoms with E-state index >= 15 is 0 Å². The fraction of sp³-hybridized carbons (Fsp3) is 0.143. The molecule has 0 aliphatic carbocycles. The summed E-state index contributed by atoms with van der Waals surface area (Å²) >= 11 is 1.17. The van der Waals surface area contributed by atoms with Crippen LogP contribution in [0.4, 0.5) is 0 Å². The number of aromatic nitrogens is 2. The molecule has 74 valence electrons. The zero-order chi connectivity index (χ0) is 10.4. The maximum absolute atomic E-state index is 7.33. The lowest BCUT2D eigenvalue weighted by Crippen LogP contribution is -2.23. The van der Waals surface area contributed by atoms with Gasteiger partial charge in [-0.05, 0) is 6.07 Å². The summed E-state index contributed by atoms with van der Waals surface area (Å²) in [6.07, 6.45) is 3.29. The molecule has 0 unspecified atom stereocenters. The first-order valence-corrected chi connectivity index (χ1v) is 4.74. The fourth-order valence-corrected chi connectivity index (χ4v) is 1.27. The van der Waals surface area contributed by atoms with Gasteiger partial charge in [0.05, 0.1) is 5.75 Å². The van der Waals surface area contributed by atoms with Crippen LogP contribution in [0.2, 0.25) is 0 Å². The highest BCUT2D eigenvalue weighted by atomic mass is 32.2. The van der Waals surface area contributed by atoms with Crippen molar-refractivity contribution in [2.75, 3.05) is 0 Å². The number of hydrogen-bond donors (Lipinski definition) is 3. The van der Waals surface area contributed by atoms with E-state index in [4.69, 9.17) is 16.9 Å². The Bertz CT molecular complexity index is 331. The van der Waals surface area contributed by atoms with Crippen molar-refractivity contribution in [1.82, 2.24) is 9.97 Å². The van der Waals surface area contributed by atoms with Crippen LogP contribution in [0.15, 0.2) is 23.5 Å². The van der Waals surface area contributed by atoms with Gasteiger partial charge in [-0.25, -0.2) is 9.97 Å². The summed E-state index contributed by atoms with van der Waals surface area (Å²) in [4.78, 5) is 11.5. The number of nitrogens with one attached hydrogen (secondary N) is 1. The maximum atomic E-state index is 7.33. The molecular formula is C7H10N6S. The monoisotopic (exact) mass is 210 g/mol. The molecule has 0 bridgehead atoms. The minimum absolute atomic E-state index is 0.0532. The Morgan fingerprint density at radius 3 is 2.64 bits per heavy atom. The van der Waals surface area contributed by atoms with E-state index < -0.39 is 0 Å². The Labute approximate surface area is 85.3 Å². The summed E-state index contributed by atoms with van der Waals surface area (Å²) in [6.45, 7) is 0. The number of nitrogens with two attached hydrogens (primary N) is 2. The third kappa shape index (κ3) is 3.85. The molecule has 14 heavy (non-hydrogen) atoms. The smallest absolute Gasteiger partial charge is 0.193 e. The first-order valence-electron chi connectivity index (χ1n) is 3.75. The number of hydrogen-bond acceptors (Lipinski definition) is 4. The van der Waals surface area contributed by atoms with E-state index in [0.717, 1.165) is 0 Å². The Morgan fingerprint density at radius 2 is 2.07 bits per heavy atom. The van der Waals surface area contributed by atoms with E-state index in [1.165, 1.54) is 11.8 Å². The molecule has 0 saturated heterocycles. The van der Waals surface area contributed by atoms with Crippen molar-refractivity contribution in [1.29, 1.82) is 5.41 Å². The van der Waals surface area contributed by atoms with Gasteiger partial charge < -0.3 is 11.5 Å². The van der Waals surface area contributed by atoms with Crippen LogP contribution in [0.5, 0.6) is 0 Å². The molecule has 7 heteroatoms. The first kappa shape index (κ1) is 10.5. The van der Waals surface area contributed by atoms with Gasteiger partial charge in [-0.3, -0.25) is 5.41 Å². The van der Waals surface area contributed by atoms with Gasteiger partial charge >= 0.3 is 0 Å². The first-order chi connectivity index (χ1) is 6.68. The van der Waals surface area contributed by atoms with Gasteiger partial charge in [0.15, 0.2) is 11.1 Å². The van der Waals surface area contributed by atoms with Gasteiger partial charge in [-0.1, -0.05) is 11.8 Å². The second-order valence-electron chi connectivity index (χ2n) is 2.30. The summed E-state index contributed by atoms with van der Waals surface area (Å²) < 4.78 is 0. The number of nitrogens with zero attached hydrogens (tertiary/aromatic N) is 3. The fourth-order valence-electron chi connectivity index (χ4n) is 0.687. The van der Waals surface area contributed by atoms with Crippen molar-refractivity contribution < 1.29 is 0 Å². The minimum Gasteiger partial charge on any atom is -0.370 e. The van der Waals surface area contributed by atoms with Crippen LogP contribution in [0, 0.1) is 5.41 Å². The average Bonchev–Trinajstić information content (AvgIpc) is 2.15. The Balaban J connectivity index is 2.42. The van der Waals surface area contributed by atoms with Crippen molar-refractivity contribution in [2.24, 2.45) is 16.5 Å². The molecule has 0 fully saturated rings. The van der Waals surface area contributed by atoms with Gasteiger partial charge in [0.1, 0.15) is 5.82 Å². The molecular weight excluding hydrogens is 200 g/mol. The normalized spacial score (nSPS) is 9.43. The third-order valence-corrected chi connectivity index (χ3v) is 1.96. The lowest BCUT2D eigenvalue weighted by atomic mass is 10.6. The summed E-state index contributed by atoms with van der Waals surface area (Å²) in [5, 5.41) is 7.38. The molecule has 0 atom stereocenters. The lowest BCUT2D eigenvalue weighted by Gasteiger charge is -1.97. The van der Waals surface area contributed by atoms with Crippen LogP contribution in [-0.2, 0) is 5.75 Å². The van der Waals surface area contributed by atoms with Crippen molar-refractivity contribution in [2.45, 2.75) is 5.75 Å². The van der Waals surface area contributed by atoms with E-state index in [2.05, 4.69) is 15.0 Å². The quantitative estimate of drug-likeness (QED) is 0.466. The van der Waals surface area contributed by atoms with E-state index in [9.17, 15) is 0 Å². The van der Waals surface area contributed by atoms with Crippen LogP contribution in [0.3, 0.4) is 0 Å². The number of aliphatic imine (C=N–C) groups is 1. The van der Waals surface area contributed by atoms with E-state index in [1.807, 2.05) is 0 Å². The standard InChI is InChI=1S/C7H10N6S/c8-6(9)13-7(10)14-4-5-11-2-1-3-12-5/h1-3H,4H2,(H5,8,9,10,13). The van der Waals surface area contributed by atoms with Gasteiger partial charge in [0.25, 0.3) is 0 Å². The van der Waals surface area contributed by atoms with Gasteiger partial charge in [0, 0.05) is 12.4 Å². The molecule has 0 spiro atoms. The number of amidine groups is 1. The predicted molar refractivity (Wildman–Crippen MR) is 56.9 cm³/mol. The minimum atomic E-state index is -0.114. The zero-order valence-corrected chi connectivity index (χ0v) is 8.16. The molecule has 1 aromatic heterocycles. The number of rotatable bonds is 2.